The molecule has 1 aliphatic rings. The molecule has 3 aromatic rings. The second kappa shape index (κ2) is 7.94. The Balaban J connectivity index is 1.46. The van der Waals surface area contributed by atoms with Crippen LogP contribution in [0.15, 0.2) is 52.9 Å². The quantitative estimate of drug-likeness (QED) is 0.654. The number of benzene rings is 2. The van der Waals surface area contributed by atoms with Gasteiger partial charge in [0.25, 0.3) is 0 Å². The zero-order valence-electron chi connectivity index (χ0n) is 15.6. The number of amides is 1. The highest BCUT2D eigenvalue weighted by Crippen LogP contribution is 2.31. The summed E-state index contributed by atoms with van der Waals surface area (Å²) in [5.74, 6) is 0.0152. The maximum atomic E-state index is 12.4. The van der Waals surface area contributed by atoms with Crippen LogP contribution in [0.25, 0.3) is 11.3 Å². The fourth-order valence-electron chi connectivity index (χ4n) is 3.49. The second-order valence-corrected chi connectivity index (χ2v) is 7.81. The molecule has 5 nitrogen and oxygen atoms in total. The van der Waals surface area contributed by atoms with Gasteiger partial charge in [0.05, 0.1) is 17.8 Å². The molecule has 28 heavy (non-hydrogen) atoms. The van der Waals surface area contributed by atoms with E-state index in [0.29, 0.717) is 0 Å². The van der Waals surface area contributed by atoms with Crippen molar-refractivity contribution < 1.29 is 9.90 Å². The first-order valence-corrected chi connectivity index (χ1v) is 10.2. The lowest BCUT2D eigenvalue weighted by molar-refractivity contribution is -0.120. The highest BCUT2D eigenvalue weighted by molar-refractivity contribution is 7.10. The van der Waals surface area contributed by atoms with Crippen LogP contribution in [0.5, 0.6) is 5.75 Å². The lowest BCUT2D eigenvalue weighted by Gasteiger charge is -2.20. The number of phenols is 1. The Kier molecular flexibility index (Phi) is 5.21. The van der Waals surface area contributed by atoms with E-state index in [1.54, 1.807) is 6.07 Å². The number of hydrogen-bond acceptors (Lipinski definition) is 5. The number of hydrogen-bond donors (Lipinski definition) is 2. The third kappa shape index (κ3) is 3.82. The molecule has 1 amide bonds. The van der Waals surface area contributed by atoms with E-state index in [1.807, 2.05) is 48.7 Å². The van der Waals surface area contributed by atoms with Crippen LogP contribution >= 0.6 is 11.3 Å². The summed E-state index contributed by atoms with van der Waals surface area (Å²) in [7, 11) is 0. The normalized spacial score (nSPS) is 14.7. The third-order valence-corrected chi connectivity index (χ3v) is 5.75. The summed E-state index contributed by atoms with van der Waals surface area (Å²) in [6.07, 6.45) is 2.80. The Bertz CT molecular complexity index is 1040. The molecule has 2 aromatic carbocycles. The summed E-state index contributed by atoms with van der Waals surface area (Å²) < 4.78 is 0. The van der Waals surface area contributed by atoms with Crippen molar-refractivity contribution in [1.82, 2.24) is 10.4 Å². The second-order valence-electron chi connectivity index (χ2n) is 6.87. The average molecular weight is 391 g/mol. The summed E-state index contributed by atoms with van der Waals surface area (Å²) in [6.45, 7) is 2.03. The van der Waals surface area contributed by atoms with Gasteiger partial charge in [-0.25, -0.2) is 10.4 Å². The molecule has 142 valence electrons. The van der Waals surface area contributed by atoms with Gasteiger partial charge in [0, 0.05) is 16.5 Å². The molecule has 0 bridgehead atoms. The molecule has 0 atom stereocenters. The van der Waals surface area contributed by atoms with E-state index in [2.05, 4.69) is 15.5 Å². The molecular formula is C22H21N3O2S. The van der Waals surface area contributed by atoms with Crippen LogP contribution in [0.3, 0.4) is 0 Å². The molecule has 0 unspecified atom stereocenters. The summed E-state index contributed by atoms with van der Waals surface area (Å²) in [5, 5.41) is 17.3. The van der Waals surface area contributed by atoms with Crippen molar-refractivity contribution in [2.24, 2.45) is 5.10 Å². The molecule has 0 aliphatic heterocycles. The minimum absolute atomic E-state index is 0.181. The number of phenolic OH excluding ortho intramolecular Hbond substituents is 1. The highest BCUT2D eigenvalue weighted by atomic mass is 32.1. The van der Waals surface area contributed by atoms with E-state index in [9.17, 15) is 9.90 Å². The van der Waals surface area contributed by atoms with Gasteiger partial charge >= 0.3 is 0 Å². The molecular weight excluding hydrogens is 370 g/mol. The van der Waals surface area contributed by atoms with Crippen molar-refractivity contribution in [1.29, 1.82) is 0 Å². The van der Waals surface area contributed by atoms with Gasteiger partial charge in [0.15, 0.2) is 0 Å². The van der Waals surface area contributed by atoms with Gasteiger partial charge in [-0.2, -0.15) is 5.10 Å². The van der Waals surface area contributed by atoms with Crippen molar-refractivity contribution in [2.75, 3.05) is 0 Å². The molecule has 4 rings (SSSR count). The van der Waals surface area contributed by atoms with Gasteiger partial charge in [0.2, 0.25) is 5.91 Å². The van der Waals surface area contributed by atoms with Crippen LogP contribution in [-0.4, -0.2) is 21.7 Å². The molecule has 0 radical (unpaired) electrons. The van der Waals surface area contributed by atoms with Crippen LogP contribution in [0.2, 0.25) is 0 Å². The molecule has 1 aromatic heterocycles. The fourth-order valence-corrected chi connectivity index (χ4v) is 4.30. The van der Waals surface area contributed by atoms with E-state index in [1.165, 1.54) is 11.3 Å². The molecule has 1 heterocycles. The lowest BCUT2D eigenvalue weighted by atomic mass is 9.86. The SMILES string of the molecule is Cc1ccc(O)c2c1CCC/C2=N\NC(=O)Cc1nc(-c2ccccc2)cs1. The number of hydrazone groups is 1. The number of aromatic hydroxyl groups is 1. The van der Waals surface area contributed by atoms with Crippen LogP contribution in [0.1, 0.15) is 34.5 Å². The Labute approximate surface area is 167 Å². The summed E-state index contributed by atoms with van der Waals surface area (Å²) in [5.41, 5.74) is 8.32. The molecule has 0 saturated heterocycles. The number of thiazole rings is 1. The van der Waals surface area contributed by atoms with E-state index in [0.717, 1.165) is 57.9 Å². The van der Waals surface area contributed by atoms with E-state index >= 15 is 0 Å². The van der Waals surface area contributed by atoms with Crippen LogP contribution < -0.4 is 5.43 Å². The molecule has 0 saturated carbocycles. The molecule has 2 N–H and O–H groups in total. The topological polar surface area (TPSA) is 74.6 Å². The summed E-state index contributed by atoms with van der Waals surface area (Å²) in [4.78, 5) is 16.9. The minimum Gasteiger partial charge on any atom is -0.507 e. The highest BCUT2D eigenvalue weighted by Gasteiger charge is 2.21. The smallest absolute Gasteiger partial charge is 0.246 e. The Morgan fingerprint density at radius 3 is 2.86 bits per heavy atom. The number of rotatable bonds is 4. The molecule has 0 spiro atoms. The van der Waals surface area contributed by atoms with Gasteiger partial charge in [-0.05, 0) is 43.4 Å². The predicted octanol–water partition coefficient (Wildman–Crippen LogP) is 4.22. The average Bonchev–Trinajstić information content (AvgIpc) is 3.18. The van der Waals surface area contributed by atoms with Gasteiger partial charge < -0.3 is 5.11 Å². The van der Waals surface area contributed by atoms with Crippen molar-refractivity contribution >= 4 is 23.0 Å². The van der Waals surface area contributed by atoms with Crippen molar-refractivity contribution in [2.45, 2.75) is 32.6 Å². The molecule has 1 aliphatic carbocycles. The first-order chi connectivity index (χ1) is 13.6. The fraction of sp³-hybridized carbons (Fsp3) is 0.227. The first kappa shape index (κ1) is 18.4. The van der Waals surface area contributed by atoms with E-state index in [4.69, 9.17) is 0 Å². The van der Waals surface area contributed by atoms with Crippen LogP contribution in [0, 0.1) is 6.92 Å². The number of aromatic nitrogens is 1. The summed E-state index contributed by atoms with van der Waals surface area (Å²) >= 11 is 1.47. The van der Waals surface area contributed by atoms with Gasteiger partial charge in [-0.3, -0.25) is 4.79 Å². The largest absolute Gasteiger partial charge is 0.507 e. The number of carbonyl (C=O) groups excluding carboxylic acids is 1. The van der Waals surface area contributed by atoms with E-state index in [-0.39, 0.29) is 18.1 Å². The number of carbonyl (C=O) groups is 1. The van der Waals surface area contributed by atoms with Gasteiger partial charge in [-0.15, -0.1) is 11.3 Å². The van der Waals surface area contributed by atoms with E-state index < -0.39 is 0 Å². The van der Waals surface area contributed by atoms with Crippen LogP contribution in [0.4, 0.5) is 0 Å². The first-order valence-electron chi connectivity index (χ1n) is 9.29. The van der Waals surface area contributed by atoms with Gasteiger partial charge in [0.1, 0.15) is 10.8 Å². The maximum Gasteiger partial charge on any atom is 0.246 e. The number of nitrogens with one attached hydrogen (secondary N) is 1. The number of nitrogens with zero attached hydrogens (tertiary/aromatic N) is 2. The zero-order chi connectivity index (χ0) is 19.5. The number of fused-ring (bicyclic) bond motifs is 1. The zero-order valence-corrected chi connectivity index (χ0v) is 16.4. The van der Waals surface area contributed by atoms with Crippen molar-refractivity contribution in [3.05, 3.63) is 69.5 Å². The standard InChI is InChI=1S/C22H21N3O2S/c1-14-10-11-19(26)22-16(14)8-5-9-17(22)24-25-20(27)12-21-23-18(13-28-21)15-6-3-2-4-7-15/h2-4,6-7,10-11,13,26H,5,8-9,12H2,1H3,(H,25,27)/b24-17+. The third-order valence-electron chi connectivity index (χ3n) is 4.90. The van der Waals surface area contributed by atoms with Crippen molar-refractivity contribution in [3.63, 3.8) is 0 Å². The molecule has 0 fully saturated rings. The monoisotopic (exact) mass is 391 g/mol. The van der Waals surface area contributed by atoms with Gasteiger partial charge in [-0.1, -0.05) is 36.4 Å². The minimum atomic E-state index is -0.208. The Hall–Kier alpha value is -2.99. The number of aryl methyl sites for hydroxylation is 1. The Morgan fingerprint density at radius 1 is 1.21 bits per heavy atom. The predicted molar refractivity (Wildman–Crippen MR) is 112 cm³/mol. The Morgan fingerprint density at radius 2 is 2.04 bits per heavy atom. The summed E-state index contributed by atoms with van der Waals surface area (Å²) in [6, 6.07) is 13.5. The lowest BCUT2D eigenvalue weighted by Crippen LogP contribution is -2.23. The van der Waals surface area contributed by atoms with Crippen LogP contribution in [-0.2, 0) is 17.6 Å². The maximum absolute atomic E-state index is 12.4. The molecule has 6 heteroatoms. The van der Waals surface area contributed by atoms with Crippen molar-refractivity contribution in [3.8, 4) is 17.0 Å².